The average Bonchev–Trinajstić information content (AvgIpc) is 3.72. The van der Waals surface area contributed by atoms with Gasteiger partial charge in [-0.1, -0.05) is 50.1 Å². The van der Waals surface area contributed by atoms with Crippen molar-refractivity contribution in [3.8, 4) is 16.9 Å². The summed E-state index contributed by atoms with van der Waals surface area (Å²) in [6.07, 6.45) is 6.14. The first-order valence-corrected chi connectivity index (χ1v) is 15.2. The fourth-order valence-corrected chi connectivity index (χ4v) is 6.67. The van der Waals surface area contributed by atoms with Crippen molar-refractivity contribution in [3.05, 3.63) is 76.1 Å². The van der Waals surface area contributed by atoms with Gasteiger partial charge in [-0.2, -0.15) is 0 Å². The molecule has 2 N–H and O–H groups in total. The second kappa shape index (κ2) is 13.0. The molecular weight excluding hydrogens is 520 g/mol. The first-order chi connectivity index (χ1) is 19.5. The Bertz CT molecular complexity index is 1400. The van der Waals surface area contributed by atoms with Crippen LogP contribution in [-0.4, -0.2) is 37.0 Å². The predicted octanol–water partition coefficient (Wildman–Crippen LogP) is 7.72. The molecule has 3 heterocycles. The number of nitrogens with one attached hydrogen (secondary N) is 2. The number of hydrogen-bond donors (Lipinski definition) is 2. The molecule has 1 fully saturated rings. The van der Waals surface area contributed by atoms with Gasteiger partial charge in [0, 0.05) is 27.9 Å². The minimum atomic E-state index is -0.397. The summed E-state index contributed by atoms with van der Waals surface area (Å²) >= 11 is 1.72. The molecule has 1 saturated heterocycles. The normalized spacial score (nSPS) is 15.4. The number of rotatable bonds is 13. The molecule has 212 valence electrons. The van der Waals surface area contributed by atoms with Gasteiger partial charge in [0.05, 0.1) is 32.8 Å². The smallest absolute Gasteiger partial charge is 0.225 e. The maximum Gasteiger partial charge on any atom is 0.225 e. The molecule has 0 aliphatic carbocycles. The maximum atomic E-state index is 13.5. The van der Waals surface area contributed by atoms with E-state index >= 15 is 0 Å². The van der Waals surface area contributed by atoms with Crippen molar-refractivity contribution in [1.82, 2.24) is 10.3 Å². The molecule has 1 unspecified atom stereocenters. The van der Waals surface area contributed by atoms with Crippen molar-refractivity contribution >= 4 is 28.1 Å². The number of aryl methyl sites for hydroxylation is 1. The van der Waals surface area contributed by atoms with Gasteiger partial charge in [-0.3, -0.25) is 4.79 Å². The molecule has 5 rings (SSSR count). The number of H-pyrrole nitrogens is 1. The van der Waals surface area contributed by atoms with Crippen LogP contribution in [0.5, 0.6) is 5.75 Å². The fourth-order valence-electron chi connectivity index (χ4n) is 5.67. The Morgan fingerprint density at radius 3 is 2.62 bits per heavy atom. The zero-order valence-electron chi connectivity index (χ0n) is 23.8. The lowest BCUT2D eigenvalue weighted by molar-refractivity contribution is -0.164. The van der Waals surface area contributed by atoms with E-state index < -0.39 is 5.79 Å². The summed E-state index contributed by atoms with van der Waals surface area (Å²) in [5, 5.41) is 6.61. The number of aromatic amines is 1. The molecule has 2 aromatic carbocycles. The van der Waals surface area contributed by atoms with Gasteiger partial charge in [-0.05, 0) is 72.5 Å². The summed E-state index contributed by atoms with van der Waals surface area (Å²) in [7, 11) is 1.66. The Morgan fingerprint density at radius 2 is 1.88 bits per heavy atom. The molecule has 0 radical (unpaired) electrons. The van der Waals surface area contributed by atoms with Crippen LogP contribution in [0.3, 0.4) is 0 Å². The van der Waals surface area contributed by atoms with Gasteiger partial charge in [0.15, 0.2) is 5.79 Å². The van der Waals surface area contributed by atoms with Gasteiger partial charge in [-0.25, -0.2) is 0 Å². The van der Waals surface area contributed by atoms with Crippen molar-refractivity contribution in [2.45, 2.75) is 70.6 Å². The number of methoxy groups -OCH3 is 1. The minimum absolute atomic E-state index is 0.0316. The number of aromatic nitrogens is 1. The van der Waals surface area contributed by atoms with Crippen LogP contribution in [0.25, 0.3) is 22.0 Å². The SMILES string of the molecule is CCC1(CCCCCC(NC(=O)Cc2c(C)[nH]c3ccc(OC)cc23)c2cc(-c3ccccc3)cs2)OCCO1. The molecule has 1 aliphatic rings. The summed E-state index contributed by atoms with van der Waals surface area (Å²) in [5.41, 5.74) is 5.43. The van der Waals surface area contributed by atoms with Crippen LogP contribution in [0.4, 0.5) is 0 Å². The van der Waals surface area contributed by atoms with Gasteiger partial charge in [-0.15, -0.1) is 11.3 Å². The first-order valence-electron chi connectivity index (χ1n) is 14.4. The molecule has 1 atom stereocenters. The summed E-state index contributed by atoms with van der Waals surface area (Å²) in [6.45, 7) is 5.53. The minimum Gasteiger partial charge on any atom is -0.497 e. The quantitative estimate of drug-likeness (QED) is 0.164. The van der Waals surface area contributed by atoms with Crippen LogP contribution in [0.2, 0.25) is 0 Å². The number of carbonyl (C=O) groups is 1. The number of ether oxygens (including phenoxy) is 3. The molecule has 40 heavy (non-hydrogen) atoms. The van der Waals surface area contributed by atoms with Gasteiger partial charge in [0.1, 0.15) is 5.75 Å². The Balaban J connectivity index is 1.27. The molecule has 0 spiro atoms. The lowest BCUT2D eigenvalue weighted by Gasteiger charge is -2.26. The van der Waals surface area contributed by atoms with Crippen LogP contribution in [-0.2, 0) is 20.7 Å². The molecule has 0 bridgehead atoms. The summed E-state index contributed by atoms with van der Waals surface area (Å²) in [5.74, 6) is 0.423. The largest absolute Gasteiger partial charge is 0.497 e. The number of unbranched alkanes of at least 4 members (excludes halogenated alkanes) is 2. The Hall–Kier alpha value is -3.13. The van der Waals surface area contributed by atoms with E-state index in [0.29, 0.717) is 19.6 Å². The number of hydrogen-bond acceptors (Lipinski definition) is 5. The molecule has 2 aromatic heterocycles. The van der Waals surface area contributed by atoms with E-state index in [-0.39, 0.29) is 11.9 Å². The molecule has 1 amide bonds. The number of benzene rings is 2. The topological polar surface area (TPSA) is 72.6 Å². The molecule has 6 nitrogen and oxygen atoms in total. The number of carbonyl (C=O) groups excluding carboxylic acids is 1. The summed E-state index contributed by atoms with van der Waals surface area (Å²) in [6, 6.07) is 18.6. The van der Waals surface area contributed by atoms with Crippen molar-refractivity contribution < 1.29 is 19.0 Å². The highest BCUT2D eigenvalue weighted by Crippen LogP contribution is 2.34. The van der Waals surface area contributed by atoms with Gasteiger partial charge in [0.25, 0.3) is 0 Å². The lowest BCUT2D eigenvalue weighted by atomic mass is 10.0. The van der Waals surface area contributed by atoms with Crippen LogP contribution in [0.15, 0.2) is 60.0 Å². The third-order valence-electron chi connectivity index (χ3n) is 7.97. The third kappa shape index (κ3) is 6.60. The van der Waals surface area contributed by atoms with E-state index in [4.69, 9.17) is 14.2 Å². The summed E-state index contributed by atoms with van der Waals surface area (Å²) in [4.78, 5) is 18.1. The molecule has 0 saturated carbocycles. The van der Waals surface area contributed by atoms with Gasteiger partial charge < -0.3 is 24.5 Å². The maximum absolute atomic E-state index is 13.5. The van der Waals surface area contributed by atoms with Gasteiger partial charge in [0.2, 0.25) is 5.91 Å². The highest BCUT2D eigenvalue weighted by molar-refractivity contribution is 7.10. The van der Waals surface area contributed by atoms with E-state index in [1.807, 2.05) is 31.2 Å². The zero-order chi connectivity index (χ0) is 28.0. The van der Waals surface area contributed by atoms with E-state index in [2.05, 4.69) is 52.9 Å². The van der Waals surface area contributed by atoms with Crippen LogP contribution in [0.1, 0.15) is 67.6 Å². The second-order valence-electron chi connectivity index (χ2n) is 10.6. The Kier molecular flexibility index (Phi) is 9.25. The second-order valence-corrected chi connectivity index (χ2v) is 11.5. The first kappa shape index (κ1) is 28.4. The molecule has 4 aromatic rings. The van der Waals surface area contributed by atoms with Crippen molar-refractivity contribution in [1.29, 1.82) is 0 Å². The van der Waals surface area contributed by atoms with Crippen molar-refractivity contribution in [2.24, 2.45) is 0 Å². The zero-order valence-corrected chi connectivity index (χ0v) is 24.6. The molecule has 7 heteroatoms. The van der Waals surface area contributed by atoms with Gasteiger partial charge >= 0.3 is 0 Å². The van der Waals surface area contributed by atoms with Crippen LogP contribution in [0, 0.1) is 6.92 Å². The fraction of sp³-hybridized carbons (Fsp3) is 0.424. The number of fused-ring (bicyclic) bond motifs is 1. The van der Waals surface area contributed by atoms with Crippen LogP contribution >= 0.6 is 11.3 Å². The highest BCUT2D eigenvalue weighted by atomic mass is 32.1. The Morgan fingerprint density at radius 1 is 1.07 bits per heavy atom. The number of thiophene rings is 1. The standard InChI is InChI=1S/C33H40N2O4S/c1-4-33(38-17-18-39-33)16-10-6-9-13-30(31-19-25(22-40-31)24-11-7-5-8-12-24)35-32(36)21-27-23(2)34-29-15-14-26(37-3)20-28(27)29/h5,7-8,11-12,14-15,19-20,22,30,34H,4,6,9-10,13,16-18,21H2,1-3H3,(H,35,36). The van der Waals surface area contributed by atoms with E-state index in [1.54, 1.807) is 18.4 Å². The monoisotopic (exact) mass is 560 g/mol. The third-order valence-corrected chi connectivity index (χ3v) is 9.02. The lowest BCUT2D eigenvalue weighted by Crippen LogP contribution is -2.30. The number of amides is 1. The van der Waals surface area contributed by atoms with E-state index in [9.17, 15) is 4.79 Å². The predicted molar refractivity (Wildman–Crippen MR) is 162 cm³/mol. The van der Waals surface area contributed by atoms with Crippen molar-refractivity contribution in [3.63, 3.8) is 0 Å². The average molecular weight is 561 g/mol. The van der Waals surface area contributed by atoms with E-state index in [1.165, 1.54) is 16.0 Å². The molecule has 1 aliphatic heterocycles. The highest BCUT2D eigenvalue weighted by Gasteiger charge is 2.33. The Labute approximate surface area is 241 Å². The van der Waals surface area contributed by atoms with Crippen molar-refractivity contribution in [2.75, 3.05) is 20.3 Å². The molecular formula is C33H40N2O4S. The summed E-state index contributed by atoms with van der Waals surface area (Å²) < 4.78 is 17.2. The van der Waals surface area contributed by atoms with Crippen LogP contribution < -0.4 is 10.1 Å². The van der Waals surface area contributed by atoms with E-state index in [0.717, 1.165) is 66.4 Å².